The summed E-state index contributed by atoms with van der Waals surface area (Å²) in [5.74, 6) is 0.135. The van der Waals surface area contributed by atoms with Gasteiger partial charge in [-0.3, -0.25) is 4.79 Å². The van der Waals surface area contributed by atoms with Crippen molar-refractivity contribution in [2.24, 2.45) is 5.73 Å². The molecular weight excluding hydrogens is 130 g/mol. The van der Waals surface area contributed by atoms with E-state index >= 15 is 0 Å². The van der Waals surface area contributed by atoms with E-state index in [-0.39, 0.29) is 11.8 Å². The second kappa shape index (κ2) is 3.12. The minimum Gasteiger partial charge on any atom is -0.373 e. The van der Waals surface area contributed by atoms with Gasteiger partial charge in [0, 0.05) is 6.42 Å². The number of rotatable bonds is 4. The van der Waals surface area contributed by atoms with E-state index in [0.717, 1.165) is 13.0 Å². The van der Waals surface area contributed by atoms with Crippen molar-refractivity contribution in [2.75, 3.05) is 6.61 Å². The maximum absolute atomic E-state index is 10.9. The minimum absolute atomic E-state index is 0.135. The fourth-order valence-electron chi connectivity index (χ4n) is 0.766. The van der Waals surface area contributed by atoms with Crippen molar-refractivity contribution >= 4 is 5.78 Å². The Balaban J connectivity index is 2.05. The summed E-state index contributed by atoms with van der Waals surface area (Å²) in [6, 6.07) is -0.307. The Morgan fingerprint density at radius 2 is 2.50 bits per heavy atom. The second-order valence-corrected chi connectivity index (χ2v) is 2.75. The van der Waals surface area contributed by atoms with Crippen LogP contribution in [-0.2, 0) is 9.53 Å². The van der Waals surface area contributed by atoms with E-state index in [4.69, 9.17) is 10.5 Å². The van der Waals surface area contributed by atoms with Gasteiger partial charge in [0.15, 0.2) is 0 Å². The molecule has 2 unspecified atom stereocenters. The Kier molecular flexibility index (Phi) is 2.40. The lowest BCUT2D eigenvalue weighted by Crippen LogP contribution is -2.26. The number of ketones is 1. The first-order valence-corrected chi connectivity index (χ1v) is 3.60. The number of hydrogen-bond acceptors (Lipinski definition) is 3. The van der Waals surface area contributed by atoms with E-state index in [1.54, 1.807) is 6.92 Å². The summed E-state index contributed by atoms with van der Waals surface area (Å²) in [7, 11) is 0. The van der Waals surface area contributed by atoms with Gasteiger partial charge in [0.1, 0.15) is 5.78 Å². The molecule has 0 aromatic heterocycles. The summed E-state index contributed by atoms with van der Waals surface area (Å²) in [5, 5.41) is 0. The maximum atomic E-state index is 10.9. The molecule has 0 saturated carbocycles. The number of hydrogen-bond donors (Lipinski definition) is 1. The van der Waals surface area contributed by atoms with Gasteiger partial charge in [0.2, 0.25) is 0 Å². The van der Waals surface area contributed by atoms with Crippen LogP contribution in [0.25, 0.3) is 0 Å². The molecule has 0 aromatic rings. The molecule has 2 N–H and O–H groups in total. The first-order valence-electron chi connectivity index (χ1n) is 3.60. The number of Topliss-reactive ketones (excluding diaryl/α,β-unsaturated/α-hetero) is 1. The lowest BCUT2D eigenvalue weighted by Gasteiger charge is -2.00. The smallest absolute Gasteiger partial charge is 0.149 e. The Morgan fingerprint density at radius 3 is 2.90 bits per heavy atom. The zero-order valence-corrected chi connectivity index (χ0v) is 6.17. The van der Waals surface area contributed by atoms with Gasteiger partial charge >= 0.3 is 0 Å². The Bertz CT molecular complexity index is 130. The van der Waals surface area contributed by atoms with E-state index in [0.29, 0.717) is 12.5 Å². The fourth-order valence-corrected chi connectivity index (χ4v) is 0.766. The molecule has 1 aliphatic rings. The summed E-state index contributed by atoms with van der Waals surface area (Å²) in [6.45, 7) is 2.54. The third-order valence-electron chi connectivity index (χ3n) is 1.62. The first-order chi connectivity index (χ1) is 4.70. The highest BCUT2D eigenvalue weighted by Gasteiger charge is 2.23. The van der Waals surface area contributed by atoms with Crippen molar-refractivity contribution in [1.82, 2.24) is 0 Å². The van der Waals surface area contributed by atoms with E-state index in [1.807, 2.05) is 0 Å². The highest BCUT2D eigenvalue weighted by molar-refractivity contribution is 5.83. The normalized spacial score (nSPS) is 26.0. The first kappa shape index (κ1) is 7.69. The topological polar surface area (TPSA) is 55.6 Å². The van der Waals surface area contributed by atoms with Crippen LogP contribution >= 0.6 is 0 Å². The van der Waals surface area contributed by atoms with Crippen LogP contribution in [0, 0.1) is 0 Å². The quantitative estimate of drug-likeness (QED) is 0.567. The molecular formula is C7H13NO2. The van der Waals surface area contributed by atoms with Crippen LogP contribution in [0.5, 0.6) is 0 Å². The van der Waals surface area contributed by atoms with Crippen molar-refractivity contribution in [3.8, 4) is 0 Å². The third kappa shape index (κ3) is 2.45. The molecule has 0 bridgehead atoms. The Hall–Kier alpha value is -0.410. The average molecular weight is 143 g/mol. The molecule has 2 atom stereocenters. The molecule has 1 aliphatic heterocycles. The number of carbonyl (C=O) groups is 1. The van der Waals surface area contributed by atoms with Crippen LogP contribution in [-0.4, -0.2) is 24.5 Å². The van der Waals surface area contributed by atoms with Crippen LogP contribution in [0.3, 0.4) is 0 Å². The van der Waals surface area contributed by atoms with Gasteiger partial charge in [-0.1, -0.05) is 0 Å². The van der Waals surface area contributed by atoms with Crippen LogP contribution in [0.4, 0.5) is 0 Å². The van der Waals surface area contributed by atoms with Crippen molar-refractivity contribution in [1.29, 1.82) is 0 Å². The van der Waals surface area contributed by atoms with Crippen LogP contribution in [0.1, 0.15) is 19.8 Å². The monoisotopic (exact) mass is 143 g/mol. The number of ether oxygens (including phenoxy) is 1. The highest BCUT2D eigenvalue weighted by Crippen LogP contribution is 2.15. The van der Waals surface area contributed by atoms with Gasteiger partial charge in [-0.15, -0.1) is 0 Å². The molecule has 58 valence electrons. The average Bonchev–Trinajstić information content (AvgIpc) is 2.64. The van der Waals surface area contributed by atoms with Crippen molar-refractivity contribution in [3.63, 3.8) is 0 Å². The predicted molar refractivity (Wildman–Crippen MR) is 37.6 cm³/mol. The number of carbonyl (C=O) groups excluding carboxylic acids is 1. The molecule has 0 spiro atoms. The van der Waals surface area contributed by atoms with Crippen molar-refractivity contribution in [2.45, 2.75) is 31.9 Å². The van der Waals surface area contributed by atoms with Gasteiger partial charge in [0.05, 0.1) is 18.8 Å². The molecule has 0 radical (unpaired) electrons. The third-order valence-corrected chi connectivity index (χ3v) is 1.62. The van der Waals surface area contributed by atoms with E-state index < -0.39 is 0 Å². The van der Waals surface area contributed by atoms with Gasteiger partial charge in [-0.05, 0) is 13.3 Å². The SMILES string of the molecule is CC(N)C(=O)CCC1CO1. The lowest BCUT2D eigenvalue weighted by atomic mass is 10.1. The molecule has 1 saturated heterocycles. The zero-order chi connectivity index (χ0) is 7.56. The summed E-state index contributed by atoms with van der Waals surface area (Å²) in [5.41, 5.74) is 5.35. The molecule has 0 aromatic carbocycles. The summed E-state index contributed by atoms with van der Waals surface area (Å²) < 4.78 is 4.95. The molecule has 1 fully saturated rings. The predicted octanol–water partition coefficient (Wildman–Crippen LogP) is 0.0817. The van der Waals surface area contributed by atoms with Gasteiger partial charge in [0.25, 0.3) is 0 Å². The van der Waals surface area contributed by atoms with Gasteiger partial charge < -0.3 is 10.5 Å². The highest BCUT2D eigenvalue weighted by atomic mass is 16.6. The van der Waals surface area contributed by atoms with Gasteiger partial charge in [-0.2, -0.15) is 0 Å². The van der Waals surface area contributed by atoms with Crippen LogP contribution in [0.2, 0.25) is 0 Å². The van der Waals surface area contributed by atoms with Crippen LogP contribution in [0.15, 0.2) is 0 Å². The van der Waals surface area contributed by atoms with Crippen molar-refractivity contribution in [3.05, 3.63) is 0 Å². The van der Waals surface area contributed by atoms with E-state index in [9.17, 15) is 4.79 Å². The standard InChI is InChI=1S/C7H13NO2/c1-5(8)7(9)3-2-6-4-10-6/h5-6H,2-4,8H2,1H3. The zero-order valence-electron chi connectivity index (χ0n) is 6.17. The van der Waals surface area contributed by atoms with Gasteiger partial charge in [-0.25, -0.2) is 0 Å². The Labute approximate surface area is 60.5 Å². The lowest BCUT2D eigenvalue weighted by molar-refractivity contribution is -0.120. The fraction of sp³-hybridized carbons (Fsp3) is 0.857. The largest absolute Gasteiger partial charge is 0.373 e. The summed E-state index contributed by atoms with van der Waals surface area (Å²) in [6.07, 6.45) is 1.77. The molecule has 10 heavy (non-hydrogen) atoms. The summed E-state index contributed by atoms with van der Waals surface area (Å²) in [4.78, 5) is 10.9. The molecule has 3 heteroatoms. The van der Waals surface area contributed by atoms with E-state index in [2.05, 4.69) is 0 Å². The molecule has 0 aliphatic carbocycles. The minimum atomic E-state index is -0.307. The molecule has 1 heterocycles. The molecule has 1 rings (SSSR count). The van der Waals surface area contributed by atoms with E-state index in [1.165, 1.54) is 0 Å². The number of nitrogens with two attached hydrogens (primary N) is 1. The Morgan fingerprint density at radius 1 is 1.90 bits per heavy atom. The molecule has 0 amide bonds. The molecule has 3 nitrogen and oxygen atoms in total. The summed E-state index contributed by atoms with van der Waals surface area (Å²) >= 11 is 0. The van der Waals surface area contributed by atoms with Crippen LogP contribution < -0.4 is 5.73 Å². The number of epoxide rings is 1. The second-order valence-electron chi connectivity index (χ2n) is 2.75. The van der Waals surface area contributed by atoms with Crippen molar-refractivity contribution < 1.29 is 9.53 Å². The maximum Gasteiger partial charge on any atom is 0.149 e.